The smallest absolute Gasteiger partial charge is 0.0481 e. The molecule has 19 heavy (non-hydrogen) atoms. The molecule has 1 aromatic carbocycles. The summed E-state index contributed by atoms with van der Waals surface area (Å²) in [5, 5.41) is 3.71. The van der Waals surface area contributed by atoms with Gasteiger partial charge in [-0.15, -0.1) is 18.3 Å². The lowest BCUT2D eigenvalue weighted by Gasteiger charge is -2.21. The zero-order valence-corrected chi connectivity index (χ0v) is 12.7. The second-order valence-electron chi connectivity index (χ2n) is 5.31. The highest BCUT2D eigenvalue weighted by Gasteiger charge is 2.24. The molecule has 3 heteroatoms. The minimum Gasteiger partial charge on any atom is -0.380 e. The molecule has 2 nitrogen and oxygen atoms in total. The Kier molecular flexibility index (Phi) is 5.34. The number of benzene rings is 1. The lowest BCUT2D eigenvalue weighted by atomic mass is 10.2. The maximum absolute atomic E-state index is 3.79. The molecule has 1 unspecified atom stereocenters. The van der Waals surface area contributed by atoms with Gasteiger partial charge in [-0.25, -0.2) is 0 Å². The van der Waals surface area contributed by atoms with Crippen LogP contribution in [0.25, 0.3) is 0 Å². The Morgan fingerprint density at radius 1 is 1.47 bits per heavy atom. The predicted molar refractivity (Wildman–Crippen MR) is 86.1 cm³/mol. The zero-order valence-electron chi connectivity index (χ0n) is 11.9. The Labute approximate surface area is 121 Å². The third-order valence-electron chi connectivity index (χ3n) is 3.55. The van der Waals surface area contributed by atoms with Crippen LogP contribution in [0.15, 0.2) is 41.8 Å². The van der Waals surface area contributed by atoms with Crippen molar-refractivity contribution in [2.75, 3.05) is 24.2 Å². The molecule has 1 fully saturated rings. The molecule has 0 saturated carbocycles. The van der Waals surface area contributed by atoms with Crippen molar-refractivity contribution in [1.82, 2.24) is 4.90 Å². The lowest BCUT2D eigenvalue weighted by Crippen LogP contribution is -2.31. The summed E-state index contributed by atoms with van der Waals surface area (Å²) in [5.41, 5.74) is 1.27. The highest BCUT2D eigenvalue weighted by molar-refractivity contribution is 7.99. The molecule has 1 atom stereocenters. The van der Waals surface area contributed by atoms with E-state index in [4.69, 9.17) is 0 Å². The van der Waals surface area contributed by atoms with Crippen molar-refractivity contribution in [3.05, 3.63) is 36.9 Å². The Bertz CT molecular complexity index is 417. The van der Waals surface area contributed by atoms with Gasteiger partial charge in [-0.05, 0) is 32.4 Å². The van der Waals surface area contributed by atoms with Crippen molar-refractivity contribution in [1.29, 1.82) is 0 Å². The Balaban J connectivity index is 1.97. The average Bonchev–Trinajstić information content (AvgIpc) is 2.86. The highest BCUT2D eigenvalue weighted by Crippen LogP contribution is 2.28. The van der Waals surface area contributed by atoms with Crippen LogP contribution in [0, 0.1) is 0 Å². The van der Waals surface area contributed by atoms with E-state index in [0.717, 1.165) is 12.3 Å². The van der Waals surface area contributed by atoms with Gasteiger partial charge in [0, 0.05) is 41.5 Å². The van der Waals surface area contributed by atoms with Crippen LogP contribution >= 0.6 is 11.8 Å². The summed E-state index contributed by atoms with van der Waals surface area (Å²) < 4.78 is 0. The molecule has 1 heterocycles. The number of nitrogens with one attached hydrogen (secondary N) is 1. The van der Waals surface area contributed by atoms with Crippen molar-refractivity contribution in [3.63, 3.8) is 0 Å². The van der Waals surface area contributed by atoms with E-state index in [0.29, 0.717) is 12.1 Å². The van der Waals surface area contributed by atoms with Gasteiger partial charge in [-0.2, -0.15) is 0 Å². The first-order valence-corrected chi connectivity index (χ1v) is 8.02. The number of para-hydroxylation sites is 1. The van der Waals surface area contributed by atoms with Gasteiger partial charge < -0.3 is 5.32 Å². The van der Waals surface area contributed by atoms with Crippen molar-refractivity contribution in [2.45, 2.75) is 37.2 Å². The molecule has 1 N–H and O–H groups in total. The van der Waals surface area contributed by atoms with Crippen LogP contribution in [0.1, 0.15) is 20.3 Å². The molecule has 0 spiro atoms. The molecule has 0 bridgehead atoms. The zero-order chi connectivity index (χ0) is 13.7. The molecule has 1 aliphatic heterocycles. The maximum Gasteiger partial charge on any atom is 0.0481 e. The molecule has 2 rings (SSSR count). The van der Waals surface area contributed by atoms with Crippen molar-refractivity contribution >= 4 is 17.4 Å². The van der Waals surface area contributed by atoms with E-state index in [1.54, 1.807) is 0 Å². The maximum atomic E-state index is 3.79. The number of hydrogen-bond acceptors (Lipinski definition) is 3. The van der Waals surface area contributed by atoms with Crippen LogP contribution < -0.4 is 5.32 Å². The number of likely N-dealkylation sites (tertiary alicyclic amines) is 1. The fourth-order valence-corrected chi connectivity index (χ4v) is 3.21. The second-order valence-corrected chi connectivity index (χ2v) is 6.38. The summed E-state index contributed by atoms with van der Waals surface area (Å²) in [6.45, 7) is 10.7. The van der Waals surface area contributed by atoms with E-state index in [2.05, 4.69) is 54.9 Å². The van der Waals surface area contributed by atoms with Gasteiger partial charge in [0.2, 0.25) is 0 Å². The summed E-state index contributed by atoms with van der Waals surface area (Å²) in [5.74, 6) is 0.960. The van der Waals surface area contributed by atoms with Crippen LogP contribution in [0.4, 0.5) is 5.69 Å². The molecule has 0 radical (unpaired) electrons. The van der Waals surface area contributed by atoms with E-state index in [1.165, 1.54) is 23.5 Å². The van der Waals surface area contributed by atoms with Crippen LogP contribution in [0.2, 0.25) is 0 Å². The summed E-state index contributed by atoms with van der Waals surface area (Å²) in [6, 6.07) is 9.81. The fourth-order valence-electron chi connectivity index (χ4n) is 2.45. The number of thioether (sulfide) groups is 1. The topological polar surface area (TPSA) is 15.3 Å². The molecule has 1 saturated heterocycles. The molecule has 0 amide bonds. The Hall–Kier alpha value is -0.930. The van der Waals surface area contributed by atoms with Gasteiger partial charge in [-0.3, -0.25) is 4.90 Å². The highest BCUT2D eigenvalue weighted by atomic mass is 32.2. The van der Waals surface area contributed by atoms with Crippen LogP contribution in [0.3, 0.4) is 0 Å². The third kappa shape index (κ3) is 4.02. The Morgan fingerprint density at radius 3 is 2.95 bits per heavy atom. The van der Waals surface area contributed by atoms with Gasteiger partial charge in [0.15, 0.2) is 0 Å². The van der Waals surface area contributed by atoms with Crippen molar-refractivity contribution in [3.8, 4) is 0 Å². The molecule has 1 aliphatic rings. The van der Waals surface area contributed by atoms with Gasteiger partial charge >= 0.3 is 0 Å². The molecule has 104 valence electrons. The van der Waals surface area contributed by atoms with E-state index < -0.39 is 0 Å². The summed E-state index contributed by atoms with van der Waals surface area (Å²) in [6.07, 6.45) is 3.19. The van der Waals surface area contributed by atoms with Gasteiger partial charge in [0.05, 0.1) is 0 Å². The van der Waals surface area contributed by atoms with Crippen molar-refractivity contribution < 1.29 is 0 Å². The summed E-state index contributed by atoms with van der Waals surface area (Å²) >= 11 is 1.84. The molecule has 0 aliphatic carbocycles. The SMILES string of the molecule is C=CCSc1ccccc1NC1CCN(C(C)C)C1. The Morgan fingerprint density at radius 2 is 2.26 bits per heavy atom. The minimum absolute atomic E-state index is 0.577. The largest absolute Gasteiger partial charge is 0.380 e. The van der Waals surface area contributed by atoms with E-state index in [-0.39, 0.29) is 0 Å². The molecule has 1 aromatic rings. The number of rotatable bonds is 6. The molecule has 0 aromatic heterocycles. The lowest BCUT2D eigenvalue weighted by molar-refractivity contribution is 0.274. The standard InChI is InChI=1S/C16H24N2S/c1-4-11-19-16-8-6-5-7-15(16)17-14-9-10-18(12-14)13(2)3/h4-8,13-14,17H,1,9-12H2,2-3H3. The first kappa shape index (κ1) is 14.5. The molecular formula is C16H24N2S. The number of nitrogens with zero attached hydrogens (tertiary/aromatic N) is 1. The van der Waals surface area contributed by atoms with Crippen molar-refractivity contribution in [2.24, 2.45) is 0 Å². The molecular weight excluding hydrogens is 252 g/mol. The quantitative estimate of drug-likeness (QED) is 0.627. The monoisotopic (exact) mass is 276 g/mol. The average molecular weight is 276 g/mol. The van der Waals surface area contributed by atoms with Gasteiger partial charge in [0.1, 0.15) is 0 Å². The first-order valence-electron chi connectivity index (χ1n) is 7.04. The predicted octanol–water partition coefficient (Wildman–Crippen LogP) is 3.86. The number of hydrogen-bond donors (Lipinski definition) is 1. The first-order chi connectivity index (χ1) is 9.20. The van der Waals surface area contributed by atoms with E-state index in [1.807, 2.05) is 17.8 Å². The normalized spacial score (nSPS) is 19.8. The number of anilines is 1. The fraction of sp³-hybridized carbons (Fsp3) is 0.500. The van der Waals surface area contributed by atoms with Crippen LogP contribution in [-0.4, -0.2) is 35.8 Å². The van der Waals surface area contributed by atoms with Crippen LogP contribution in [0.5, 0.6) is 0 Å². The van der Waals surface area contributed by atoms with Crippen LogP contribution in [-0.2, 0) is 0 Å². The third-order valence-corrected chi connectivity index (χ3v) is 4.62. The minimum atomic E-state index is 0.577. The summed E-state index contributed by atoms with van der Waals surface area (Å²) in [7, 11) is 0. The van der Waals surface area contributed by atoms with E-state index >= 15 is 0 Å². The van der Waals surface area contributed by atoms with Gasteiger partial charge in [0.25, 0.3) is 0 Å². The van der Waals surface area contributed by atoms with E-state index in [9.17, 15) is 0 Å². The van der Waals surface area contributed by atoms with Gasteiger partial charge in [-0.1, -0.05) is 18.2 Å². The second kappa shape index (κ2) is 7.01. The summed E-state index contributed by atoms with van der Waals surface area (Å²) in [4.78, 5) is 3.86.